The van der Waals surface area contributed by atoms with Crippen LogP contribution in [0.25, 0.3) is 10.9 Å². The van der Waals surface area contributed by atoms with Crippen LogP contribution in [0.4, 0.5) is 4.39 Å². The van der Waals surface area contributed by atoms with Gasteiger partial charge in [-0.1, -0.05) is 43.2 Å². The number of para-hydroxylation sites is 1. The summed E-state index contributed by atoms with van der Waals surface area (Å²) in [6.45, 7) is 0.340. The van der Waals surface area contributed by atoms with Crippen LogP contribution in [0.5, 0.6) is 5.75 Å². The summed E-state index contributed by atoms with van der Waals surface area (Å²) >= 11 is 0. The highest BCUT2D eigenvalue weighted by Crippen LogP contribution is 2.34. The van der Waals surface area contributed by atoms with E-state index in [9.17, 15) is 4.39 Å². The quantitative estimate of drug-likeness (QED) is 0.623. The summed E-state index contributed by atoms with van der Waals surface area (Å²) in [5, 5.41) is 0.805. The summed E-state index contributed by atoms with van der Waals surface area (Å²) in [6, 6.07) is 17.1. The molecule has 1 aliphatic carbocycles. The number of fused-ring (bicyclic) bond motifs is 1. The van der Waals surface area contributed by atoms with E-state index in [1.807, 2.05) is 30.3 Å². The number of hydrogen-bond acceptors (Lipinski definition) is 2. The molecule has 1 aliphatic rings. The van der Waals surface area contributed by atoms with Crippen LogP contribution in [-0.2, 0) is 6.61 Å². The van der Waals surface area contributed by atoms with Crippen molar-refractivity contribution >= 4 is 10.9 Å². The van der Waals surface area contributed by atoms with E-state index >= 15 is 0 Å². The van der Waals surface area contributed by atoms with Crippen molar-refractivity contribution < 1.29 is 9.13 Å². The van der Waals surface area contributed by atoms with Gasteiger partial charge in [0, 0.05) is 5.39 Å². The van der Waals surface area contributed by atoms with Gasteiger partial charge < -0.3 is 4.74 Å². The number of ether oxygens (including phenoxy) is 1. The normalized spacial score (nSPS) is 15.0. The van der Waals surface area contributed by atoms with Crippen molar-refractivity contribution in [3.8, 4) is 5.75 Å². The highest BCUT2D eigenvalue weighted by atomic mass is 19.1. The van der Waals surface area contributed by atoms with Gasteiger partial charge in [0.2, 0.25) is 0 Å². The first-order chi connectivity index (χ1) is 11.8. The minimum atomic E-state index is -0.296. The molecule has 24 heavy (non-hydrogen) atoms. The van der Waals surface area contributed by atoms with E-state index in [0.717, 1.165) is 16.8 Å². The second-order valence-electron chi connectivity index (χ2n) is 6.45. The van der Waals surface area contributed by atoms with Gasteiger partial charge in [-0.3, -0.25) is 0 Å². The molecule has 0 N–H and O–H groups in total. The summed E-state index contributed by atoms with van der Waals surface area (Å²) in [4.78, 5) is 4.37. The molecular weight excluding hydrogens is 301 g/mol. The predicted molar refractivity (Wildman–Crippen MR) is 93.7 cm³/mol. The standard InChI is InChI=1S/C21H20FNO/c22-20-7-3-6-17-8-11-18(23-21(17)20)14-24-19-12-9-16(10-13-19)15-4-1-2-5-15/h3,6-13,15H,1-2,4-5,14H2. The maximum atomic E-state index is 13.8. The van der Waals surface area contributed by atoms with Crippen molar-refractivity contribution in [2.45, 2.75) is 38.2 Å². The minimum absolute atomic E-state index is 0.296. The number of halogens is 1. The van der Waals surface area contributed by atoms with Crippen molar-refractivity contribution in [2.24, 2.45) is 0 Å². The molecule has 0 unspecified atom stereocenters. The Balaban J connectivity index is 1.45. The summed E-state index contributed by atoms with van der Waals surface area (Å²) in [6.07, 6.45) is 5.28. The SMILES string of the molecule is Fc1cccc2ccc(COc3ccc(C4CCCC4)cc3)nc12. The Kier molecular flexibility index (Phi) is 4.16. The van der Waals surface area contributed by atoms with Crippen LogP contribution >= 0.6 is 0 Å². The highest BCUT2D eigenvalue weighted by molar-refractivity contribution is 5.79. The second kappa shape index (κ2) is 6.60. The fraction of sp³-hybridized carbons (Fsp3) is 0.286. The van der Waals surface area contributed by atoms with Gasteiger partial charge in [-0.25, -0.2) is 9.37 Å². The molecule has 3 aromatic rings. The molecule has 122 valence electrons. The van der Waals surface area contributed by atoms with Crippen molar-refractivity contribution in [1.82, 2.24) is 4.98 Å². The lowest BCUT2D eigenvalue weighted by Crippen LogP contribution is -1.99. The Morgan fingerprint density at radius 2 is 1.75 bits per heavy atom. The van der Waals surface area contributed by atoms with Crippen molar-refractivity contribution in [3.63, 3.8) is 0 Å². The van der Waals surface area contributed by atoms with Crippen LogP contribution in [0, 0.1) is 5.82 Å². The average molecular weight is 321 g/mol. The molecule has 2 nitrogen and oxygen atoms in total. The van der Waals surface area contributed by atoms with E-state index in [1.54, 1.807) is 6.07 Å². The van der Waals surface area contributed by atoms with E-state index in [4.69, 9.17) is 4.74 Å². The van der Waals surface area contributed by atoms with Crippen molar-refractivity contribution in [2.75, 3.05) is 0 Å². The van der Waals surface area contributed by atoms with E-state index in [-0.39, 0.29) is 5.82 Å². The first kappa shape index (κ1) is 15.1. The fourth-order valence-electron chi connectivity index (χ4n) is 3.48. The Bertz CT molecular complexity index is 838. The van der Waals surface area contributed by atoms with Crippen molar-refractivity contribution in [3.05, 3.63) is 71.7 Å². The van der Waals surface area contributed by atoms with Crippen molar-refractivity contribution in [1.29, 1.82) is 0 Å². The Hall–Kier alpha value is -2.42. The van der Waals surface area contributed by atoms with Gasteiger partial charge in [0.05, 0.1) is 5.69 Å². The van der Waals surface area contributed by atoms with E-state index in [2.05, 4.69) is 17.1 Å². The van der Waals surface area contributed by atoms with Gasteiger partial charge in [0.25, 0.3) is 0 Å². The number of aromatic nitrogens is 1. The zero-order valence-corrected chi connectivity index (χ0v) is 13.5. The highest BCUT2D eigenvalue weighted by Gasteiger charge is 2.16. The van der Waals surface area contributed by atoms with Crippen LogP contribution in [0.3, 0.4) is 0 Å². The van der Waals surface area contributed by atoms with Gasteiger partial charge >= 0.3 is 0 Å². The largest absolute Gasteiger partial charge is 0.487 e. The van der Waals surface area contributed by atoms with Crippen LogP contribution in [0.1, 0.15) is 42.9 Å². The van der Waals surface area contributed by atoms with Crippen LogP contribution in [-0.4, -0.2) is 4.98 Å². The first-order valence-electron chi connectivity index (χ1n) is 8.56. The number of hydrogen-bond donors (Lipinski definition) is 0. The maximum Gasteiger partial charge on any atom is 0.149 e. The lowest BCUT2D eigenvalue weighted by molar-refractivity contribution is 0.301. The first-order valence-corrected chi connectivity index (χ1v) is 8.56. The second-order valence-corrected chi connectivity index (χ2v) is 6.45. The molecule has 0 spiro atoms. The number of pyridine rings is 1. The summed E-state index contributed by atoms with van der Waals surface area (Å²) < 4.78 is 19.6. The van der Waals surface area contributed by atoms with Crippen LogP contribution in [0.15, 0.2) is 54.6 Å². The molecule has 1 fully saturated rings. The molecule has 0 aliphatic heterocycles. The van der Waals surface area contributed by atoms with Gasteiger partial charge in [-0.05, 0) is 48.6 Å². The molecule has 1 saturated carbocycles. The Labute approximate surface area is 141 Å². The lowest BCUT2D eigenvalue weighted by Gasteiger charge is -2.11. The molecular formula is C21H20FNO. The monoisotopic (exact) mass is 321 g/mol. The number of benzene rings is 2. The molecule has 3 heteroatoms. The molecule has 0 saturated heterocycles. The van der Waals surface area contributed by atoms with Gasteiger partial charge in [-0.2, -0.15) is 0 Å². The van der Waals surface area contributed by atoms with Gasteiger partial charge in [-0.15, -0.1) is 0 Å². The number of rotatable bonds is 4. The zero-order chi connectivity index (χ0) is 16.4. The van der Waals surface area contributed by atoms with E-state index < -0.39 is 0 Å². The number of nitrogens with zero attached hydrogens (tertiary/aromatic N) is 1. The maximum absolute atomic E-state index is 13.8. The fourth-order valence-corrected chi connectivity index (χ4v) is 3.48. The van der Waals surface area contributed by atoms with Crippen LogP contribution < -0.4 is 4.74 Å². The van der Waals surface area contributed by atoms with Gasteiger partial charge in [0.15, 0.2) is 0 Å². The molecule has 1 aromatic heterocycles. The molecule has 2 aromatic carbocycles. The zero-order valence-electron chi connectivity index (χ0n) is 13.5. The molecule has 0 atom stereocenters. The summed E-state index contributed by atoms with van der Waals surface area (Å²) in [5.74, 6) is 1.24. The minimum Gasteiger partial charge on any atom is -0.487 e. The smallest absolute Gasteiger partial charge is 0.149 e. The Morgan fingerprint density at radius 1 is 0.958 bits per heavy atom. The topological polar surface area (TPSA) is 22.1 Å². The molecule has 0 bridgehead atoms. The third-order valence-electron chi connectivity index (χ3n) is 4.82. The van der Waals surface area contributed by atoms with Gasteiger partial charge in [0.1, 0.15) is 23.7 Å². The average Bonchev–Trinajstić information content (AvgIpc) is 3.16. The lowest BCUT2D eigenvalue weighted by atomic mass is 9.98. The van der Waals surface area contributed by atoms with E-state index in [1.165, 1.54) is 37.3 Å². The van der Waals surface area contributed by atoms with E-state index in [0.29, 0.717) is 18.0 Å². The third kappa shape index (κ3) is 3.12. The Morgan fingerprint density at radius 3 is 2.54 bits per heavy atom. The third-order valence-corrected chi connectivity index (χ3v) is 4.82. The summed E-state index contributed by atoms with van der Waals surface area (Å²) in [5.41, 5.74) is 2.54. The molecule has 0 amide bonds. The molecule has 0 radical (unpaired) electrons. The molecule has 4 rings (SSSR count). The predicted octanol–water partition coefficient (Wildman–Crippen LogP) is 5.61. The van der Waals surface area contributed by atoms with Crippen LogP contribution in [0.2, 0.25) is 0 Å². The summed E-state index contributed by atoms with van der Waals surface area (Å²) in [7, 11) is 0. The molecule has 1 heterocycles.